The van der Waals surface area contributed by atoms with Crippen molar-refractivity contribution in [2.45, 2.75) is 38.2 Å². The molecule has 2 aliphatic rings. The first-order valence-corrected chi connectivity index (χ1v) is 6.24. The molecule has 3 heteroatoms. The van der Waals surface area contributed by atoms with Crippen molar-refractivity contribution in [3.05, 3.63) is 0 Å². The quantitative estimate of drug-likeness (QED) is 0.763. The normalized spacial score (nSPS) is 27.6. The van der Waals surface area contributed by atoms with Crippen LogP contribution in [-0.2, 0) is 4.74 Å². The molecule has 0 saturated carbocycles. The zero-order valence-electron chi connectivity index (χ0n) is 9.74. The summed E-state index contributed by atoms with van der Waals surface area (Å²) in [6, 6.07) is 0. The fraction of sp³-hybridized carbons (Fsp3) is 1.00. The van der Waals surface area contributed by atoms with E-state index in [2.05, 4.69) is 11.8 Å². The van der Waals surface area contributed by atoms with E-state index < -0.39 is 0 Å². The molecule has 3 nitrogen and oxygen atoms in total. The fourth-order valence-corrected chi connectivity index (χ4v) is 2.83. The topological polar surface area (TPSA) is 32.7 Å². The summed E-state index contributed by atoms with van der Waals surface area (Å²) >= 11 is 0. The third-order valence-electron chi connectivity index (χ3n) is 3.61. The monoisotopic (exact) mass is 213 g/mol. The van der Waals surface area contributed by atoms with Crippen LogP contribution in [-0.4, -0.2) is 48.5 Å². The molecule has 0 radical (unpaired) electrons. The molecule has 1 N–H and O–H groups in total. The second-order valence-electron chi connectivity index (χ2n) is 5.20. The number of aliphatic hydroxyl groups is 1. The second kappa shape index (κ2) is 4.81. The Morgan fingerprint density at radius 2 is 2.00 bits per heavy atom. The van der Waals surface area contributed by atoms with Crippen molar-refractivity contribution < 1.29 is 9.84 Å². The van der Waals surface area contributed by atoms with Crippen molar-refractivity contribution >= 4 is 0 Å². The summed E-state index contributed by atoms with van der Waals surface area (Å²) in [5.74, 6) is 0.796. The predicted octanol–water partition coefficient (Wildman–Crippen LogP) is 1.26. The fourth-order valence-electron chi connectivity index (χ4n) is 2.83. The molecule has 0 atom stereocenters. The lowest BCUT2D eigenvalue weighted by Gasteiger charge is -2.48. The van der Waals surface area contributed by atoms with Gasteiger partial charge in [0.2, 0.25) is 0 Å². The van der Waals surface area contributed by atoms with E-state index in [9.17, 15) is 5.11 Å². The number of hydrogen-bond acceptors (Lipinski definition) is 3. The Morgan fingerprint density at radius 1 is 1.33 bits per heavy atom. The lowest BCUT2D eigenvalue weighted by molar-refractivity contribution is -0.111. The number of rotatable bonds is 4. The van der Waals surface area contributed by atoms with Crippen molar-refractivity contribution in [3.63, 3.8) is 0 Å². The summed E-state index contributed by atoms with van der Waals surface area (Å²) in [5.41, 5.74) is -0.361. The van der Waals surface area contributed by atoms with E-state index in [0.29, 0.717) is 0 Å². The van der Waals surface area contributed by atoms with Gasteiger partial charge in [-0.1, -0.05) is 13.3 Å². The molecule has 15 heavy (non-hydrogen) atoms. The molecule has 0 amide bonds. The van der Waals surface area contributed by atoms with Crippen LogP contribution in [0.2, 0.25) is 0 Å². The molecule has 0 aliphatic carbocycles. The molecule has 0 aromatic carbocycles. The first-order valence-electron chi connectivity index (χ1n) is 6.24. The molecule has 2 fully saturated rings. The van der Waals surface area contributed by atoms with Crippen molar-refractivity contribution in [1.82, 2.24) is 4.90 Å². The van der Waals surface area contributed by atoms with Gasteiger partial charge in [-0.15, -0.1) is 0 Å². The van der Waals surface area contributed by atoms with Gasteiger partial charge in [0.1, 0.15) is 0 Å². The van der Waals surface area contributed by atoms with Crippen LogP contribution in [0.25, 0.3) is 0 Å². The van der Waals surface area contributed by atoms with Gasteiger partial charge in [0.05, 0.1) is 5.60 Å². The SMILES string of the molecule is CCCC1(O)CN(CC2CCOCC2)C1. The van der Waals surface area contributed by atoms with E-state index >= 15 is 0 Å². The number of β-amino-alcohol motifs (C(OH)–C–C–N with tert-alkyl or cyclic N) is 1. The maximum Gasteiger partial charge on any atom is 0.0900 e. The number of hydrogen-bond donors (Lipinski definition) is 1. The molecule has 2 heterocycles. The zero-order chi connectivity index (χ0) is 10.7. The van der Waals surface area contributed by atoms with Gasteiger partial charge in [0.25, 0.3) is 0 Å². The highest BCUT2D eigenvalue weighted by molar-refractivity contribution is 4.95. The summed E-state index contributed by atoms with van der Waals surface area (Å²) in [6.45, 7) is 6.93. The highest BCUT2D eigenvalue weighted by Crippen LogP contribution is 2.28. The molecule has 88 valence electrons. The third kappa shape index (κ3) is 2.92. The highest BCUT2D eigenvalue weighted by Gasteiger charge is 2.40. The first kappa shape index (κ1) is 11.4. The molecular weight excluding hydrogens is 190 g/mol. The van der Waals surface area contributed by atoms with Crippen LogP contribution in [0.5, 0.6) is 0 Å². The van der Waals surface area contributed by atoms with E-state index in [1.807, 2.05) is 0 Å². The number of nitrogens with zero attached hydrogens (tertiary/aromatic N) is 1. The average Bonchev–Trinajstić information content (AvgIpc) is 2.17. The first-order chi connectivity index (χ1) is 7.22. The van der Waals surface area contributed by atoms with Gasteiger partial charge in [-0.2, -0.15) is 0 Å². The Labute approximate surface area is 92.4 Å². The van der Waals surface area contributed by atoms with Crippen LogP contribution in [0.3, 0.4) is 0 Å². The summed E-state index contributed by atoms with van der Waals surface area (Å²) < 4.78 is 5.34. The van der Waals surface area contributed by atoms with Crippen LogP contribution < -0.4 is 0 Å². The van der Waals surface area contributed by atoms with E-state index in [1.165, 1.54) is 12.8 Å². The molecule has 0 unspecified atom stereocenters. The maximum absolute atomic E-state index is 10.0. The van der Waals surface area contributed by atoms with Gasteiger partial charge in [0.15, 0.2) is 0 Å². The highest BCUT2D eigenvalue weighted by atomic mass is 16.5. The summed E-state index contributed by atoms with van der Waals surface area (Å²) in [4.78, 5) is 2.39. The van der Waals surface area contributed by atoms with Gasteiger partial charge in [-0.25, -0.2) is 0 Å². The molecule has 0 aromatic rings. The third-order valence-corrected chi connectivity index (χ3v) is 3.61. The van der Waals surface area contributed by atoms with Crippen molar-refractivity contribution in [3.8, 4) is 0 Å². The second-order valence-corrected chi connectivity index (χ2v) is 5.20. The summed E-state index contributed by atoms with van der Waals surface area (Å²) in [5, 5.41) is 10.0. The number of likely N-dealkylation sites (tertiary alicyclic amines) is 1. The molecule has 0 spiro atoms. The van der Waals surface area contributed by atoms with Crippen molar-refractivity contribution in [1.29, 1.82) is 0 Å². The van der Waals surface area contributed by atoms with E-state index in [0.717, 1.165) is 51.6 Å². The average molecular weight is 213 g/mol. The minimum Gasteiger partial charge on any atom is -0.387 e. The van der Waals surface area contributed by atoms with Gasteiger partial charge >= 0.3 is 0 Å². The van der Waals surface area contributed by atoms with E-state index in [4.69, 9.17) is 4.74 Å². The minimum absolute atomic E-state index is 0.361. The smallest absolute Gasteiger partial charge is 0.0900 e. The molecule has 0 aromatic heterocycles. The van der Waals surface area contributed by atoms with Crippen LogP contribution >= 0.6 is 0 Å². The molecule has 0 bridgehead atoms. The largest absolute Gasteiger partial charge is 0.387 e. The van der Waals surface area contributed by atoms with Gasteiger partial charge < -0.3 is 9.84 Å². The zero-order valence-corrected chi connectivity index (χ0v) is 9.74. The van der Waals surface area contributed by atoms with E-state index in [-0.39, 0.29) is 5.60 Å². The Hall–Kier alpha value is -0.120. The Morgan fingerprint density at radius 3 is 2.60 bits per heavy atom. The lowest BCUT2D eigenvalue weighted by atomic mass is 9.87. The molecule has 2 saturated heterocycles. The lowest BCUT2D eigenvalue weighted by Crippen LogP contribution is -2.62. The summed E-state index contributed by atoms with van der Waals surface area (Å²) in [7, 11) is 0. The molecule has 2 aliphatic heterocycles. The van der Waals surface area contributed by atoms with E-state index in [1.54, 1.807) is 0 Å². The molecular formula is C12H23NO2. The Bertz CT molecular complexity index is 196. The number of ether oxygens (including phenoxy) is 1. The van der Waals surface area contributed by atoms with Crippen LogP contribution in [0, 0.1) is 5.92 Å². The van der Waals surface area contributed by atoms with Gasteiger partial charge in [-0.05, 0) is 25.2 Å². The van der Waals surface area contributed by atoms with Gasteiger partial charge in [0, 0.05) is 32.8 Å². The van der Waals surface area contributed by atoms with Crippen LogP contribution in [0.15, 0.2) is 0 Å². The Kier molecular flexibility index (Phi) is 3.65. The van der Waals surface area contributed by atoms with Crippen LogP contribution in [0.1, 0.15) is 32.6 Å². The van der Waals surface area contributed by atoms with Crippen LogP contribution in [0.4, 0.5) is 0 Å². The summed E-state index contributed by atoms with van der Waals surface area (Å²) in [6.07, 6.45) is 4.43. The van der Waals surface area contributed by atoms with Gasteiger partial charge in [-0.3, -0.25) is 4.90 Å². The molecule has 2 rings (SSSR count). The minimum atomic E-state index is -0.361. The standard InChI is InChI=1S/C12H23NO2/c1-2-5-12(14)9-13(10-12)8-11-3-6-15-7-4-11/h11,14H,2-10H2,1H3. The Balaban J connectivity index is 1.66. The predicted molar refractivity (Wildman–Crippen MR) is 59.8 cm³/mol. The maximum atomic E-state index is 10.0. The van der Waals surface area contributed by atoms with Crippen molar-refractivity contribution in [2.24, 2.45) is 5.92 Å². The van der Waals surface area contributed by atoms with Crippen molar-refractivity contribution in [2.75, 3.05) is 32.8 Å².